The van der Waals surface area contributed by atoms with E-state index in [4.69, 9.17) is 4.74 Å². The van der Waals surface area contributed by atoms with Gasteiger partial charge in [-0.15, -0.1) is 0 Å². The van der Waals surface area contributed by atoms with Gasteiger partial charge < -0.3 is 15.0 Å². The van der Waals surface area contributed by atoms with Crippen LogP contribution in [0, 0.1) is 0 Å². The smallest absolute Gasteiger partial charge is 0.224 e. The number of para-hydroxylation sites is 1. The lowest BCUT2D eigenvalue weighted by Gasteiger charge is -2.29. The molecule has 1 aromatic rings. The van der Waals surface area contributed by atoms with Gasteiger partial charge in [-0.2, -0.15) is 0 Å². The van der Waals surface area contributed by atoms with Crippen LogP contribution in [0.5, 0.6) is 5.75 Å². The lowest BCUT2D eigenvalue weighted by Crippen LogP contribution is -3.13. The van der Waals surface area contributed by atoms with Crippen LogP contribution in [-0.4, -0.2) is 38.7 Å². The number of amides is 1. The van der Waals surface area contributed by atoms with Gasteiger partial charge in [-0.25, -0.2) is 0 Å². The molecule has 4 nitrogen and oxygen atoms in total. The molecule has 0 aromatic heterocycles. The van der Waals surface area contributed by atoms with Crippen molar-refractivity contribution < 1.29 is 14.4 Å². The van der Waals surface area contributed by atoms with Gasteiger partial charge in [-0.3, -0.25) is 4.79 Å². The predicted molar refractivity (Wildman–Crippen MR) is 83.7 cm³/mol. The number of quaternary nitrogens is 1. The van der Waals surface area contributed by atoms with Gasteiger partial charge in [0.1, 0.15) is 5.75 Å². The second-order valence-electron chi connectivity index (χ2n) is 5.83. The van der Waals surface area contributed by atoms with Crippen LogP contribution in [0.3, 0.4) is 0 Å². The fourth-order valence-corrected chi connectivity index (χ4v) is 3.07. The van der Waals surface area contributed by atoms with Crippen molar-refractivity contribution in [3.63, 3.8) is 0 Å². The fourth-order valence-electron chi connectivity index (χ4n) is 3.07. The number of rotatable bonds is 6. The molecule has 21 heavy (non-hydrogen) atoms. The Kier molecular flexibility index (Phi) is 6.05. The highest BCUT2D eigenvalue weighted by atomic mass is 16.5. The Balaban J connectivity index is 1.80. The second kappa shape index (κ2) is 8.03. The first-order valence-electron chi connectivity index (χ1n) is 7.97. The summed E-state index contributed by atoms with van der Waals surface area (Å²) in [5, 5.41) is 3.17. The van der Waals surface area contributed by atoms with E-state index in [9.17, 15) is 4.79 Å². The summed E-state index contributed by atoms with van der Waals surface area (Å²) in [6, 6.07) is 8.05. The molecule has 0 bridgehead atoms. The van der Waals surface area contributed by atoms with Gasteiger partial charge in [0.15, 0.2) is 0 Å². The van der Waals surface area contributed by atoms with Crippen molar-refractivity contribution in [3.05, 3.63) is 29.8 Å². The second-order valence-corrected chi connectivity index (χ2v) is 5.83. The number of carbonyl (C=O) groups excluding carboxylic acids is 1. The Bertz CT molecular complexity index is 454. The Morgan fingerprint density at radius 1 is 1.33 bits per heavy atom. The molecular formula is C17H27N2O2+. The summed E-state index contributed by atoms with van der Waals surface area (Å²) in [5.41, 5.74) is 0.951. The number of hydrogen-bond donors (Lipinski definition) is 2. The fraction of sp³-hybridized carbons (Fsp3) is 0.588. The highest BCUT2D eigenvalue weighted by Gasteiger charge is 2.22. The molecule has 2 N–H and O–H groups in total. The zero-order valence-corrected chi connectivity index (χ0v) is 13.2. The van der Waals surface area contributed by atoms with Crippen LogP contribution in [0.4, 0.5) is 0 Å². The first-order chi connectivity index (χ1) is 10.2. The monoisotopic (exact) mass is 291 g/mol. The van der Waals surface area contributed by atoms with Gasteiger partial charge >= 0.3 is 0 Å². The number of likely N-dealkylation sites (tertiary alicyclic amines) is 1. The molecule has 1 heterocycles. The van der Waals surface area contributed by atoms with Gasteiger partial charge in [0.25, 0.3) is 0 Å². The third-order valence-corrected chi connectivity index (χ3v) is 4.20. The van der Waals surface area contributed by atoms with E-state index in [0.717, 1.165) is 24.2 Å². The molecule has 0 spiro atoms. The van der Waals surface area contributed by atoms with E-state index in [-0.39, 0.29) is 5.91 Å². The molecule has 1 fully saturated rings. The van der Waals surface area contributed by atoms with E-state index in [0.29, 0.717) is 12.5 Å². The maximum absolute atomic E-state index is 12.2. The molecule has 0 radical (unpaired) electrons. The Morgan fingerprint density at radius 2 is 2.05 bits per heavy atom. The van der Waals surface area contributed by atoms with E-state index in [1.54, 1.807) is 12.0 Å². The van der Waals surface area contributed by atoms with E-state index in [2.05, 4.69) is 12.2 Å². The van der Waals surface area contributed by atoms with Crippen LogP contribution in [0.2, 0.25) is 0 Å². The zero-order valence-electron chi connectivity index (χ0n) is 13.2. The van der Waals surface area contributed by atoms with Crippen molar-refractivity contribution in [1.29, 1.82) is 0 Å². The number of ether oxygens (including phenoxy) is 1. The van der Waals surface area contributed by atoms with Crippen molar-refractivity contribution in [2.75, 3.05) is 26.7 Å². The molecule has 116 valence electrons. The van der Waals surface area contributed by atoms with E-state index < -0.39 is 0 Å². The molecular weight excluding hydrogens is 264 g/mol. The largest absolute Gasteiger partial charge is 0.496 e. The summed E-state index contributed by atoms with van der Waals surface area (Å²) in [6.45, 7) is 5.83. The highest BCUT2D eigenvalue weighted by Crippen LogP contribution is 2.17. The molecule has 0 aliphatic carbocycles. The summed E-state index contributed by atoms with van der Waals surface area (Å²) >= 11 is 0. The molecule has 0 saturated carbocycles. The summed E-state index contributed by atoms with van der Waals surface area (Å²) in [5.74, 6) is 0.887. The molecule has 1 aliphatic rings. The first-order valence-corrected chi connectivity index (χ1v) is 7.97. The van der Waals surface area contributed by atoms with Gasteiger partial charge in [0, 0.05) is 24.4 Å². The van der Waals surface area contributed by atoms with E-state index in [1.807, 2.05) is 24.3 Å². The van der Waals surface area contributed by atoms with E-state index >= 15 is 0 Å². The van der Waals surface area contributed by atoms with Crippen LogP contribution >= 0.6 is 0 Å². The van der Waals surface area contributed by atoms with Crippen molar-refractivity contribution in [2.24, 2.45) is 0 Å². The van der Waals surface area contributed by atoms with Crippen molar-refractivity contribution in [1.82, 2.24) is 5.32 Å². The van der Waals surface area contributed by atoms with Crippen LogP contribution < -0.4 is 15.0 Å². The number of methoxy groups -OCH3 is 1. The number of piperidine rings is 1. The quantitative estimate of drug-likeness (QED) is 0.814. The molecule has 1 saturated heterocycles. The molecule has 2 rings (SSSR count). The van der Waals surface area contributed by atoms with Gasteiger partial charge in [-0.05, 0) is 12.5 Å². The lowest BCUT2D eigenvalue weighted by molar-refractivity contribution is -0.905. The topological polar surface area (TPSA) is 42.8 Å². The minimum Gasteiger partial charge on any atom is -0.496 e. The summed E-state index contributed by atoms with van der Waals surface area (Å²) in [7, 11) is 1.64. The number of benzene rings is 1. The van der Waals surface area contributed by atoms with Crippen LogP contribution in [0.15, 0.2) is 24.3 Å². The number of hydrogen-bond acceptors (Lipinski definition) is 2. The molecule has 1 amide bonds. The normalized spacial score (nSPS) is 21.8. The summed E-state index contributed by atoms with van der Waals surface area (Å²) in [6.07, 6.45) is 3.81. The SMILES string of the molecule is CCC[NH+]1CCC(NC(=O)Cc2ccccc2OC)CC1. The van der Waals surface area contributed by atoms with Crippen LogP contribution in [0.1, 0.15) is 31.7 Å². The third kappa shape index (κ3) is 4.74. The Hall–Kier alpha value is -1.55. The molecule has 0 unspecified atom stereocenters. The number of nitrogens with one attached hydrogen (secondary N) is 2. The van der Waals surface area contributed by atoms with Crippen LogP contribution in [-0.2, 0) is 11.2 Å². The lowest BCUT2D eigenvalue weighted by atomic mass is 10.0. The maximum atomic E-state index is 12.2. The Labute approximate surface area is 127 Å². The zero-order chi connectivity index (χ0) is 15.1. The maximum Gasteiger partial charge on any atom is 0.224 e. The Morgan fingerprint density at radius 3 is 2.71 bits per heavy atom. The molecule has 1 aliphatic heterocycles. The average molecular weight is 291 g/mol. The van der Waals surface area contributed by atoms with Crippen LogP contribution in [0.25, 0.3) is 0 Å². The summed E-state index contributed by atoms with van der Waals surface area (Å²) in [4.78, 5) is 13.9. The first kappa shape index (κ1) is 15.8. The third-order valence-electron chi connectivity index (χ3n) is 4.20. The predicted octanol–water partition coefficient (Wildman–Crippen LogP) is 0.811. The van der Waals surface area contributed by atoms with Crippen molar-refractivity contribution in [3.8, 4) is 5.75 Å². The van der Waals surface area contributed by atoms with Crippen molar-refractivity contribution in [2.45, 2.75) is 38.6 Å². The minimum atomic E-state index is 0.100. The molecule has 4 heteroatoms. The summed E-state index contributed by atoms with van der Waals surface area (Å²) < 4.78 is 5.29. The standard InChI is InChI=1S/C17H26N2O2/c1-3-10-19-11-8-15(9-12-19)18-17(20)13-14-6-4-5-7-16(14)21-2/h4-7,15H,3,8-13H2,1-2H3,(H,18,20)/p+1. The average Bonchev–Trinajstić information content (AvgIpc) is 2.50. The molecule has 1 aromatic carbocycles. The van der Waals surface area contributed by atoms with Gasteiger partial charge in [-0.1, -0.05) is 25.1 Å². The minimum absolute atomic E-state index is 0.100. The van der Waals surface area contributed by atoms with Gasteiger partial charge in [0.2, 0.25) is 5.91 Å². The number of carbonyl (C=O) groups is 1. The van der Waals surface area contributed by atoms with E-state index in [1.165, 1.54) is 26.1 Å². The van der Waals surface area contributed by atoms with Gasteiger partial charge in [0.05, 0.1) is 33.2 Å². The molecule has 0 atom stereocenters. The highest BCUT2D eigenvalue weighted by molar-refractivity contribution is 5.79. The van der Waals surface area contributed by atoms with Crippen molar-refractivity contribution >= 4 is 5.91 Å².